The molecule has 88 valence electrons. The minimum absolute atomic E-state index is 0.0828. The largest absolute Gasteiger partial charge is 0.396 e. The van der Waals surface area contributed by atoms with E-state index < -0.39 is 5.60 Å². The van der Waals surface area contributed by atoms with E-state index >= 15 is 0 Å². The Hall–Kier alpha value is -0.120. The van der Waals surface area contributed by atoms with Gasteiger partial charge in [0.15, 0.2) is 0 Å². The highest BCUT2D eigenvalue weighted by atomic mass is 16.3. The van der Waals surface area contributed by atoms with E-state index in [0.29, 0.717) is 12.1 Å². The van der Waals surface area contributed by atoms with Crippen molar-refractivity contribution in [2.75, 3.05) is 6.61 Å². The van der Waals surface area contributed by atoms with Crippen LogP contribution in [0.1, 0.15) is 46.0 Å². The van der Waals surface area contributed by atoms with Crippen molar-refractivity contribution in [1.82, 2.24) is 5.32 Å². The van der Waals surface area contributed by atoms with Gasteiger partial charge in [0.25, 0.3) is 0 Å². The summed E-state index contributed by atoms with van der Waals surface area (Å²) in [7, 11) is 0. The Balaban J connectivity index is 2.19. The van der Waals surface area contributed by atoms with Crippen molar-refractivity contribution < 1.29 is 10.2 Å². The Bertz CT molecular complexity index is 226. The van der Waals surface area contributed by atoms with E-state index in [1.54, 1.807) is 0 Å². The van der Waals surface area contributed by atoms with E-state index in [-0.39, 0.29) is 12.0 Å². The summed E-state index contributed by atoms with van der Waals surface area (Å²) in [5.41, 5.74) is -1.01. The van der Waals surface area contributed by atoms with Crippen LogP contribution in [-0.4, -0.2) is 34.5 Å². The standard InChI is InChI=1S/C12H23NO2/c1-3-11(2,8-14)12(15)6-9-4-5-10(7-12)13-9/h9-10,13-15H,3-8H2,1-2H3. The van der Waals surface area contributed by atoms with Crippen LogP contribution in [0.2, 0.25) is 0 Å². The smallest absolute Gasteiger partial charge is 0.0752 e. The van der Waals surface area contributed by atoms with Gasteiger partial charge in [-0.1, -0.05) is 13.8 Å². The van der Waals surface area contributed by atoms with Crippen molar-refractivity contribution in [3.63, 3.8) is 0 Å². The summed E-state index contributed by atoms with van der Waals surface area (Å²) in [5.74, 6) is 0. The van der Waals surface area contributed by atoms with Crippen LogP contribution < -0.4 is 5.32 Å². The normalized spacial score (nSPS) is 44.0. The molecule has 0 saturated carbocycles. The molecule has 2 saturated heterocycles. The van der Waals surface area contributed by atoms with Crippen LogP contribution in [0, 0.1) is 5.41 Å². The maximum atomic E-state index is 10.8. The third kappa shape index (κ3) is 1.71. The van der Waals surface area contributed by atoms with Gasteiger partial charge in [-0.2, -0.15) is 0 Å². The molecule has 0 radical (unpaired) electrons. The number of rotatable bonds is 3. The SMILES string of the molecule is CCC(C)(CO)C1(O)CC2CCC(C1)N2. The second-order valence-corrected chi connectivity index (χ2v) is 5.65. The van der Waals surface area contributed by atoms with E-state index in [1.165, 1.54) is 12.8 Å². The Morgan fingerprint density at radius 3 is 2.27 bits per heavy atom. The molecule has 3 unspecified atom stereocenters. The number of aliphatic hydroxyl groups excluding tert-OH is 1. The molecule has 3 atom stereocenters. The zero-order chi connectivity index (χ0) is 11.1. The average Bonchev–Trinajstić information content (AvgIpc) is 2.57. The van der Waals surface area contributed by atoms with E-state index in [4.69, 9.17) is 0 Å². The summed E-state index contributed by atoms with van der Waals surface area (Å²) < 4.78 is 0. The lowest BCUT2D eigenvalue weighted by atomic mass is 9.66. The molecular weight excluding hydrogens is 190 g/mol. The zero-order valence-corrected chi connectivity index (χ0v) is 9.79. The monoisotopic (exact) mass is 213 g/mol. The van der Waals surface area contributed by atoms with Crippen LogP contribution in [0.25, 0.3) is 0 Å². The summed E-state index contributed by atoms with van der Waals surface area (Å²) in [6, 6.07) is 0.928. The van der Waals surface area contributed by atoms with Gasteiger partial charge in [-0.05, 0) is 32.1 Å². The lowest BCUT2D eigenvalue weighted by Crippen LogP contribution is -2.57. The van der Waals surface area contributed by atoms with Gasteiger partial charge in [0, 0.05) is 17.5 Å². The molecule has 0 amide bonds. The van der Waals surface area contributed by atoms with Crippen molar-refractivity contribution in [2.45, 2.75) is 63.6 Å². The molecule has 0 aliphatic carbocycles. The van der Waals surface area contributed by atoms with Gasteiger partial charge in [0.2, 0.25) is 0 Å². The van der Waals surface area contributed by atoms with Gasteiger partial charge < -0.3 is 15.5 Å². The highest BCUT2D eigenvalue weighted by molar-refractivity contribution is 5.06. The quantitative estimate of drug-likeness (QED) is 0.656. The Labute approximate surface area is 91.9 Å². The molecule has 2 heterocycles. The summed E-state index contributed by atoms with van der Waals surface area (Å²) in [5, 5.41) is 23.8. The van der Waals surface area contributed by atoms with Crippen LogP contribution >= 0.6 is 0 Å². The minimum Gasteiger partial charge on any atom is -0.396 e. The first-order chi connectivity index (χ1) is 7.03. The highest BCUT2D eigenvalue weighted by Gasteiger charge is 2.51. The van der Waals surface area contributed by atoms with Gasteiger partial charge in [0.1, 0.15) is 0 Å². The maximum Gasteiger partial charge on any atom is 0.0752 e. The number of hydrogen-bond acceptors (Lipinski definition) is 3. The molecule has 2 fully saturated rings. The molecule has 3 N–H and O–H groups in total. The van der Waals surface area contributed by atoms with Crippen molar-refractivity contribution >= 4 is 0 Å². The Kier molecular flexibility index (Phi) is 2.82. The molecule has 2 aliphatic rings. The van der Waals surface area contributed by atoms with E-state index in [2.05, 4.69) is 12.2 Å². The van der Waals surface area contributed by atoms with Gasteiger partial charge >= 0.3 is 0 Å². The van der Waals surface area contributed by atoms with Gasteiger partial charge in [0.05, 0.1) is 12.2 Å². The van der Waals surface area contributed by atoms with Crippen molar-refractivity contribution in [1.29, 1.82) is 0 Å². The first-order valence-electron chi connectivity index (χ1n) is 6.12. The molecule has 2 aliphatic heterocycles. The first kappa shape index (κ1) is 11.4. The van der Waals surface area contributed by atoms with E-state index in [9.17, 15) is 10.2 Å². The van der Waals surface area contributed by atoms with Crippen LogP contribution in [0.5, 0.6) is 0 Å². The Morgan fingerprint density at radius 2 is 1.87 bits per heavy atom. The topological polar surface area (TPSA) is 52.5 Å². The lowest BCUT2D eigenvalue weighted by molar-refractivity contribution is -0.129. The van der Waals surface area contributed by atoms with Crippen molar-refractivity contribution in [3.05, 3.63) is 0 Å². The number of piperidine rings is 1. The molecule has 0 aromatic heterocycles. The van der Waals surface area contributed by atoms with Crippen molar-refractivity contribution in [2.24, 2.45) is 5.41 Å². The second-order valence-electron chi connectivity index (χ2n) is 5.65. The predicted molar refractivity (Wildman–Crippen MR) is 59.6 cm³/mol. The van der Waals surface area contributed by atoms with Crippen LogP contribution in [0.15, 0.2) is 0 Å². The molecule has 0 aromatic carbocycles. The van der Waals surface area contributed by atoms with Crippen molar-refractivity contribution in [3.8, 4) is 0 Å². The number of hydrogen-bond donors (Lipinski definition) is 3. The fourth-order valence-corrected chi connectivity index (χ4v) is 3.20. The molecule has 15 heavy (non-hydrogen) atoms. The van der Waals surface area contributed by atoms with Crippen LogP contribution in [-0.2, 0) is 0 Å². The van der Waals surface area contributed by atoms with Gasteiger partial charge in [-0.3, -0.25) is 0 Å². The second kappa shape index (κ2) is 3.72. The Morgan fingerprint density at radius 1 is 1.33 bits per heavy atom. The molecule has 3 heteroatoms. The fourth-order valence-electron chi connectivity index (χ4n) is 3.20. The van der Waals surface area contributed by atoms with Gasteiger partial charge in [-0.15, -0.1) is 0 Å². The summed E-state index contributed by atoms with van der Waals surface area (Å²) >= 11 is 0. The molecule has 0 spiro atoms. The van der Waals surface area contributed by atoms with E-state index in [1.807, 2.05) is 6.92 Å². The molecule has 2 bridgehead atoms. The average molecular weight is 213 g/mol. The van der Waals surface area contributed by atoms with E-state index in [0.717, 1.165) is 19.3 Å². The molecule has 0 aromatic rings. The molecule has 3 nitrogen and oxygen atoms in total. The van der Waals surface area contributed by atoms with Gasteiger partial charge in [-0.25, -0.2) is 0 Å². The minimum atomic E-state index is -0.673. The third-order valence-electron chi connectivity index (χ3n) is 4.76. The first-order valence-corrected chi connectivity index (χ1v) is 6.12. The molecular formula is C12H23NO2. The third-order valence-corrected chi connectivity index (χ3v) is 4.76. The molecule has 2 rings (SSSR count). The number of aliphatic hydroxyl groups is 2. The predicted octanol–water partition coefficient (Wildman–Crippen LogP) is 1.04. The maximum absolute atomic E-state index is 10.8. The highest BCUT2D eigenvalue weighted by Crippen LogP contribution is 2.46. The number of nitrogens with one attached hydrogen (secondary N) is 1. The van der Waals surface area contributed by atoms with Crippen LogP contribution in [0.4, 0.5) is 0 Å². The van der Waals surface area contributed by atoms with Crippen LogP contribution in [0.3, 0.4) is 0 Å². The lowest BCUT2D eigenvalue weighted by Gasteiger charge is -2.48. The number of fused-ring (bicyclic) bond motifs is 2. The summed E-state index contributed by atoms with van der Waals surface area (Å²) in [4.78, 5) is 0. The fraction of sp³-hybridized carbons (Fsp3) is 1.00. The summed E-state index contributed by atoms with van der Waals surface area (Å²) in [6.45, 7) is 4.15. The summed E-state index contributed by atoms with van der Waals surface area (Å²) in [6.07, 6.45) is 4.79. The zero-order valence-electron chi connectivity index (χ0n) is 9.79.